The number of nitrogens with zero attached hydrogens (tertiary/aromatic N) is 4. The fraction of sp³-hybridized carbons (Fsp3) is 0.636. The van der Waals surface area contributed by atoms with Crippen LogP contribution >= 0.6 is 0 Å². The molecule has 2 fully saturated rings. The van der Waals surface area contributed by atoms with Gasteiger partial charge in [0.05, 0.1) is 12.5 Å². The van der Waals surface area contributed by atoms with Gasteiger partial charge in [-0.2, -0.15) is 0 Å². The van der Waals surface area contributed by atoms with Gasteiger partial charge in [0, 0.05) is 63.8 Å². The highest BCUT2D eigenvalue weighted by atomic mass is 16.4. The number of rotatable bonds is 8. The smallest absolute Gasteiger partial charge is 0.306 e. The maximum absolute atomic E-state index is 12.8. The minimum Gasteiger partial charge on any atom is -0.481 e. The summed E-state index contributed by atoms with van der Waals surface area (Å²) in [6.45, 7) is 6.46. The largest absolute Gasteiger partial charge is 0.481 e. The number of aromatic nitrogens is 1. The molecule has 2 saturated heterocycles. The van der Waals surface area contributed by atoms with Crippen molar-refractivity contribution >= 4 is 23.5 Å². The summed E-state index contributed by atoms with van der Waals surface area (Å²) in [6.07, 6.45) is 4.72. The van der Waals surface area contributed by atoms with Crippen molar-refractivity contribution in [2.24, 2.45) is 17.8 Å². The first-order chi connectivity index (χ1) is 14.8. The first kappa shape index (κ1) is 23.0. The van der Waals surface area contributed by atoms with Crippen molar-refractivity contribution in [1.29, 1.82) is 0 Å². The van der Waals surface area contributed by atoms with Crippen LogP contribution in [0.25, 0.3) is 0 Å². The lowest BCUT2D eigenvalue weighted by Gasteiger charge is -2.39. The van der Waals surface area contributed by atoms with E-state index in [1.807, 2.05) is 17.0 Å². The molecular formula is C22H32N4O5. The van der Waals surface area contributed by atoms with Gasteiger partial charge in [-0.25, -0.2) is 0 Å². The number of aliphatic carboxylic acids is 2. The summed E-state index contributed by atoms with van der Waals surface area (Å²) in [5.74, 6) is -2.95. The molecule has 0 saturated carbocycles. The molecule has 170 valence electrons. The number of carboxylic acids is 2. The van der Waals surface area contributed by atoms with Crippen molar-refractivity contribution in [2.45, 2.75) is 26.2 Å². The summed E-state index contributed by atoms with van der Waals surface area (Å²) in [4.78, 5) is 45.8. The molecule has 3 heterocycles. The number of carbonyl (C=O) groups excluding carboxylic acids is 1. The molecule has 0 aromatic carbocycles. The minimum atomic E-state index is -0.970. The normalized spacial score (nSPS) is 20.3. The van der Waals surface area contributed by atoms with Crippen LogP contribution in [0.4, 0.5) is 5.69 Å². The number of carbonyl (C=O) groups is 3. The molecule has 0 spiro atoms. The molecule has 0 radical (unpaired) electrons. The van der Waals surface area contributed by atoms with Crippen molar-refractivity contribution in [1.82, 2.24) is 14.8 Å². The second kappa shape index (κ2) is 10.6. The van der Waals surface area contributed by atoms with E-state index >= 15 is 0 Å². The van der Waals surface area contributed by atoms with E-state index in [4.69, 9.17) is 0 Å². The van der Waals surface area contributed by atoms with Crippen molar-refractivity contribution in [2.75, 3.05) is 50.7 Å². The Morgan fingerprint density at radius 2 is 1.65 bits per heavy atom. The molecule has 9 nitrogen and oxygen atoms in total. The molecule has 0 aliphatic carbocycles. The third-order valence-corrected chi connectivity index (χ3v) is 6.70. The van der Waals surface area contributed by atoms with Gasteiger partial charge in [-0.3, -0.25) is 24.3 Å². The van der Waals surface area contributed by atoms with Gasteiger partial charge >= 0.3 is 11.9 Å². The molecule has 0 bridgehead atoms. The van der Waals surface area contributed by atoms with Crippen molar-refractivity contribution < 1.29 is 24.6 Å². The Balaban J connectivity index is 1.46. The molecule has 1 aromatic rings. The third kappa shape index (κ3) is 6.16. The Morgan fingerprint density at radius 1 is 1.03 bits per heavy atom. The molecular weight excluding hydrogens is 400 g/mol. The van der Waals surface area contributed by atoms with Crippen LogP contribution < -0.4 is 4.90 Å². The lowest BCUT2D eigenvalue weighted by atomic mass is 9.75. The van der Waals surface area contributed by atoms with Crippen molar-refractivity contribution in [3.63, 3.8) is 0 Å². The standard InChI is InChI=1S/C22H32N4O5/c1-16(22(30)31)19(14-21(28)29)17-4-8-26(9-5-17)20(27)15-24-10-12-25(13-11-24)18-2-6-23-7-3-18/h2-3,6-7,16-17,19H,4-5,8-15H2,1H3,(H,28,29)(H,30,31). The predicted octanol–water partition coefficient (Wildman–Crippen LogP) is 1.25. The molecule has 1 amide bonds. The number of piperazine rings is 1. The van der Waals surface area contributed by atoms with E-state index in [-0.39, 0.29) is 18.2 Å². The van der Waals surface area contributed by atoms with E-state index in [9.17, 15) is 24.6 Å². The van der Waals surface area contributed by atoms with Gasteiger partial charge in [-0.05, 0) is 36.8 Å². The number of pyridine rings is 1. The van der Waals surface area contributed by atoms with Gasteiger partial charge in [0.2, 0.25) is 5.91 Å². The lowest BCUT2D eigenvalue weighted by Crippen LogP contribution is -2.51. The molecule has 2 N–H and O–H groups in total. The summed E-state index contributed by atoms with van der Waals surface area (Å²) in [5.41, 5.74) is 1.15. The lowest BCUT2D eigenvalue weighted by molar-refractivity contribution is -0.147. The zero-order chi connectivity index (χ0) is 22.4. The Bertz CT molecular complexity index is 758. The van der Waals surface area contributed by atoms with Crippen LogP contribution in [0, 0.1) is 17.8 Å². The summed E-state index contributed by atoms with van der Waals surface area (Å²) >= 11 is 0. The van der Waals surface area contributed by atoms with Crippen LogP contribution in [0.5, 0.6) is 0 Å². The van der Waals surface area contributed by atoms with Gasteiger partial charge < -0.3 is 20.0 Å². The van der Waals surface area contributed by atoms with Crippen LogP contribution in [-0.4, -0.2) is 88.7 Å². The molecule has 2 unspecified atom stereocenters. The minimum absolute atomic E-state index is 0.00940. The van der Waals surface area contributed by atoms with Crippen LogP contribution in [0.3, 0.4) is 0 Å². The second-order valence-corrected chi connectivity index (χ2v) is 8.58. The number of piperidine rings is 1. The second-order valence-electron chi connectivity index (χ2n) is 8.58. The quantitative estimate of drug-likeness (QED) is 0.631. The SMILES string of the molecule is CC(C(=O)O)C(CC(=O)O)C1CCN(C(=O)CN2CCN(c3ccncc3)CC2)CC1. The van der Waals surface area contributed by atoms with Crippen LogP contribution in [0.15, 0.2) is 24.5 Å². The molecule has 31 heavy (non-hydrogen) atoms. The molecule has 3 rings (SSSR count). The van der Waals surface area contributed by atoms with Gasteiger partial charge in [-0.15, -0.1) is 0 Å². The van der Waals surface area contributed by atoms with E-state index < -0.39 is 23.8 Å². The summed E-state index contributed by atoms with van der Waals surface area (Å²) in [7, 11) is 0. The Hall–Kier alpha value is -2.68. The number of hydrogen-bond donors (Lipinski definition) is 2. The highest BCUT2D eigenvalue weighted by Crippen LogP contribution is 2.33. The van der Waals surface area contributed by atoms with Gasteiger partial charge in [-0.1, -0.05) is 6.92 Å². The average molecular weight is 433 g/mol. The molecule has 9 heteroatoms. The highest BCUT2D eigenvalue weighted by molar-refractivity contribution is 5.78. The van der Waals surface area contributed by atoms with E-state index in [0.717, 1.165) is 31.9 Å². The van der Waals surface area contributed by atoms with Gasteiger partial charge in [0.15, 0.2) is 0 Å². The molecule has 2 atom stereocenters. The number of amides is 1. The summed E-state index contributed by atoms with van der Waals surface area (Å²) in [6, 6.07) is 3.99. The van der Waals surface area contributed by atoms with Crippen LogP contribution in [0.2, 0.25) is 0 Å². The first-order valence-electron chi connectivity index (χ1n) is 10.9. The molecule has 2 aliphatic rings. The van der Waals surface area contributed by atoms with Gasteiger partial charge in [0.1, 0.15) is 0 Å². The Labute approximate surface area is 182 Å². The van der Waals surface area contributed by atoms with Gasteiger partial charge in [0.25, 0.3) is 0 Å². The Morgan fingerprint density at radius 3 is 2.19 bits per heavy atom. The molecule has 1 aromatic heterocycles. The zero-order valence-electron chi connectivity index (χ0n) is 18.0. The number of likely N-dealkylation sites (tertiary alicyclic amines) is 1. The third-order valence-electron chi connectivity index (χ3n) is 6.70. The zero-order valence-corrected chi connectivity index (χ0v) is 18.0. The van der Waals surface area contributed by atoms with E-state index in [2.05, 4.69) is 14.8 Å². The first-order valence-corrected chi connectivity index (χ1v) is 10.9. The fourth-order valence-electron chi connectivity index (χ4n) is 4.72. The topological polar surface area (TPSA) is 114 Å². The Kier molecular flexibility index (Phi) is 7.84. The van der Waals surface area contributed by atoms with Crippen LogP contribution in [-0.2, 0) is 14.4 Å². The number of anilines is 1. The number of carboxylic acid groups (broad SMARTS) is 2. The average Bonchev–Trinajstić information content (AvgIpc) is 2.78. The number of hydrogen-bond acceptors (Lipinski definition) is 6. The monoisotopic (exact) mass is 432 g/mol. The maximum atomic E-state index is 12.8. The predicted molar refractivity (Wildman–Crippen MR) is 115 cm³/mol. The van der Waals surface area contributed by atoms with Crippen LogP contribution in [0.1, 0.15) is 26.2 Å². The molecule has 2 aliphatic heterocycles. The van der Waals surface area contributed by atoms with E-state index in [1.165, 1.54) is 0 Å². The summed E-state index contributed by atoms with van der Waals surface area (Å²) in [5, 5.41) is 18.5. The highest BCUT2D eigenvalue weighted by Gasteiger charge is 2.36. The van der Waals surface area contributed by atoms with E-state index in [0.29, 0.717) is 32.5 Å². The maximum Gasteiger partial charge on any atom is 0.306 e. The van der Waals surface area contributed by atoms with E-state index in [1.54, 1.807) is 19.3 Å². The fourth-order valence-corrected chi connectivity index (χ4v) is 4.72. The van der Waals surface area contributed by atoms with Crippen molar-refractivity contribution in [3.05, 3.63) is 24.5 Å². The summed E-state index contributed by atoms with van der Waals surface area (Å²) < 4.78 is 0. The van der Waals surface area contributed by atoms with Crippen molar-refractivity contribution in [3.8, 4) is 0 Å².